The van der Waals surface area contributed by atoms with E-state index >= 15 is 0 Å². The Labute approximate surface area is 82.5 Å². The summed E-state index contributed by atoms with van der Waals surface area (Å²) in [4.78, 5) is 15.6. The fraction of sp³-hybridized carbons (Fsp3) is 0.600. The van der Waals surface area contributed by atoms with Gasteiger partial charge in [0.1, 0.15) is 6.26 Å². The number of carbonyl (C=O) groups is 1. The highest BCUT2D eigenvalue weighted by Crippen LogP contribution is 2.33. The summed E-state index contributed by atoms with van der Waals surface area (Å²) in [5.41, 5.74) is 6.46. The lowest BCUT2D eigenvalue weighted by Gasteiger charge is -2.05. The van der Waals surface area contributed by atoms with E-state index in [1.165, 1.54) is 19.1 Å². The van der Waals surface area contributed by atoms with Crippen molar-refractivity contribution in [1.29, 1.82) is 0 Å². The third-order valence-electron chi connectivity index (χ3n) is 2.45. The first-order chi connectivity index (χ1) is 6.66. The molecule has 4 heteroatoms. The van der Waals surface area contributed by atoms with Crippen LogP contribution in [-0.4, -0.2) is 16.8 Å². The predicted molar refractivity (Wildman–Crippen MR) is 50.9 cm³/mol. The van der Waals surface area contributed by atoms with Crippen molar-refractivity contribution in [2.45, 2.75) is 32.2 Å². The molecule has 1 fully saturated rings. The van der Waals surface area contributed by atoms with Crippen molar-refractivity contribution in [2.24, 2.45) is 11.7 Å². The van der Waals surface area contributed by atoms with Crippen LogP contribution in [0.15, 0.2) is 10.7 Å². The van der Waals surface area contributed by atoms with Crippen LogP contribution in [0.1, 0.15) is 35.6 Å². The zero-order chi connectivity index (χ0) is 10.1. The molecule has 0 radical (unpaired) electrons. The molecule has 0 bridgehead atoms. The van der Waals surface area contributed by atoms with Crippen molar-refractivity contribution in [3.05, 3.63) is 17.8 Å². The molecule has 4 nitrogen and oxygen atoms in total. The first-order valence-electron chi connectivity index (χ1n) is 4.88. The summed E-state index contributed by atoms with van der Waals surface area (Å²) in [5, 5.41) is 0. The van der Waals surface area contributed by atoms with Gasteiger partial charge in [-0.15, -0.1) is 0 Å². The highest BCUT2D eigenvalue weighted by atomic mass is 16.3. The van der Waals surface area contributed by atoms with Crippen LogP contribution in [0.4, 0.5) is 0 Å². The second kappa shape index (κ2) is 3.53. The number of hydrogen-bond donors (Lipinski definition) is 1. The average Bonchev–Trinajstić information content (AvgIpc) is 2.85. The molecule has 14 heavy (non-hydrogen) atoms. The lowest BCUT2D eigenvalue weighted by molar-refractivity contribution is 0.0920. The molecule has 1 aromatic heterocycles. The van der Waals surface area contributed by atoms with E-state index in [1.807, 2.05) is 0 Å². The summed E-state index contributed by atoms with van der Waals surface area (Å²) in [5.74, 6) is 0.616. The maximum Gasteiger partial charge on any atom is 0.265 e. The Morgan fingerprint density at radius 3 is 3.00 bits per heavy atom. The molecule has 1 atom stereocenters. The van der Waals surface area contributed by atoms with Crippen molar-refractivity contribution >= 4 is 5.78 Å². The van der Waals surface area contributed by atoms with Gasteiger partial charge in [0, 0.05) is 0 Å². The number of Topliss-reactive ketones (excluding diaryl/α,β-unsaturated/α-hetero) is 1. The van der Waals surface area contributed by atoms with Gasteiger partial charge in [0.15, 0.2) is 0 Å². The minimum absolute atomic E-state index is 0.149. The van der Waals surface area contributed by atoms with Crippen LogP contribution in [0.2, 0.25) is 0 Å². The standard InChI is InChI=1S/C10H14N2O2/c1-6-5-14-10(12-6)9(13)8(11)4-7-2-3-7/h5,7-8H,2-4,11H2,1H3. The Bertz CT molecular complexity index is 342. The van der Waals surface area contributed by atoms with E-state index in [0.717, 1.165) is 6.42 Å². The largest absolute Gasteiger partial charge is 0.442 e. The van der Waals surface area contributed by atoms with Gasteiger partial charge in [-0.05, 0) is 19.3 Å². The van der Waals surface area contributed by atoms with Gasteiger partial charge < -0.3 is 10.2 Å². The van der Waals surface area contributed by atoms with Gasteiger partial charge in [-0.2, -0.15) is 0 Å². The molecule has 0 amide bonds. The van der Waals surface area contributed by atoms with Gasteiger partial charge in [-0.3, -0.25) is 4.79 Å². The highest BCUT2D eigenvalue weighted by Gasteiger charge is 2.29. The summed E-state index contributed by atoms with van der Waals surface area (Å²) in [7, 11) is 0. The monoisotopic (exact) mass is 194 g/mol. The van der Waals surface area contributed by atoms with Crippen LogP contribution in [-0.2, 0) is 0 Å². The summed E-state index contributed by atoms with van der Waals surface area (Å²) >= 11 is 0. The van der Waals surface area contributed by atoms with Crippen molar-refractivity contribution in [3.8, 4) is 0 Å². The van der Waals surface area contributed by atoms with Crippen molar-refractivity contribution in [3.63, 3.8) is 0 Å². The molecule has 1 unspecified atom stereocenters. The number of carbonyl (C=O) groups excluding carboxylic acids is 1. The van der Waals surface area contributed by atoms with Crippen LogP contribution < -0.4 is 5.73 Å². The SMILES string of the molecule is Cc1coc(C(=O)C(N)CC2CC2)n1. The Kier molecular flexibility index (Phi) is 2.37. The summed E-state index contributed by atoms with van der Waals surface area (Å²) in [6.45, 7) is 1.78. The topological polar surface area (TPSA) is 69.1 Å². The number of rotatable bonds is 4. The van der Waals surface area contributed by atoms with Gasteiger partial charge in [0.25, 0.3) is 5.89 Å². The number of nitrogens with zero attached hydrogens (tertiary/aromatic N) is 1. The van der Waals surface area contributed by atoms with Crippen LogP contribution in [0.25, 0.3) is 0 Å². The quantitative estimate of drug-likeness (QED) is 0.733. The van der Waals surface area contributed by atoms with Crippen LogP contribution in [0, 0.1) is 12.8 Å². The zero-order valence-corrected chi connectivity index (χ0v) is 8.19. The Balaban J connectivity index is 1.99. The van der Waals surface area contributed by atoms with E-state index < -0.39 is 6.04 Å². The van der Waals surface area contributed by atoms with Gasteiger partial charge in [-0.25, -0.2) is 4.98 Å². The molecule has 1 aromatic rings. The van der Waals surface area contributed by atoms with Crippen molar-refractivity contribution in [1.82, 2.24) is 4.98 Å². The maximum absolute atomic E-state index is 11.6. The molecule has 1 aliphatic carbocycles. The fourth-order valence-corrected chi connectivity index (χ4v) is 1.45. The number of oxazole rings is 1. The van der Waals surface area contributed by atoms with Crippen molar-refractivity contribution in [2.75, 3.05) is 0 Å². The molecule has 1 saturated carbocycles. The van der Waals surface area contributed by atoms with E-state index in [0.29, 0.717) is 11.6 Å². The van der Waals surface area contributed by atoms with Crippen LogP contribution in [0.5, 0.6) is 0 Å². The second-order valence-corrected chi connectivity index (χ2v) is 3.94. The number of aryl methyl sites for hydroxylation is 1. The fourth-order valence-electron chi connectivity index (χ4n) is 1.45. The number of ketones is 1. The van der Waals surface area contributed by atoms with Gasteiger partial charge in [0.05, 0.1) is 11.7 Å². The van der Waals surface area contributed by atoms with Gasteiger partial charge in [-0.1, -0.05) is 12.8 Å². The first-order valence-corrected chi connectivity index (χ1v) is 4.88. The zero-order valence-electron chi connectivity index (χ0n) is 8.19. The smallest absolute Gasteiger partial charge is 0.265 e. The molecule has 1 heterocycles. The highest BCUT2D eigenvalue weighted by molar-refractivity contribution is 5.96. The minimum atomic E-state index is -0.444. The van der Waals surface area contributed by atoms with Crippen molar-refractivity contribution < 1.29 is 9.21 Å². The molecule has 0 saturated heterocycles. The van der Waals surface area contributed by atoms with Gasteiger partial charge >= 0.3 is 0 Å². The molecule has 0 aliphatic heterocycles. The minimum Gasteiger partial charge on any atom is -0.442 e. The van der Waals surface area contributed by atoms with E-state index in [4.69, 9.17) is 10.2 Å². The Morgan fingerprint density at radius 1 is 1.79 bits per heavy atom. The van der Waals surface area contributed by atoms with E-state index in [2.05, 4.69) is 4.98 Å². The molecule has 0 aromatic carbocycles. The lowest BCUT2D eigenvalue weighted by atomic mass is 10.1. The lowest BCUT2D eigenvalue weighted by Crippen LogP contribution is -2.31. The number of hydrogen-bond acceptors (Lipinski definition) is 4. The van der Waals surface area contributed by atoms with E-state index in [9.17, 15) is 4.79 Å². The summed E-state index contributed by atoms with van der Waals surface area (Å²) in [6, 6.07) is -0.444. The summed E-state index contributed by atoms with van der Waals surface area (Å²) in [6.07, 6.45) is 4.63. The van der Waals surface area contributed by atoms with Gasteiger partial charge in [0.2, 0.25) is 5.78 Å². The van der Waals surface area contributed by atoms with Crippen LogP contribution >= 0.6 is 0 Å². The van der Waals surface area contributed by atoms with Crippen LogP contribution in [0.3, 0.4) is 0 Å². The predicted octanol–water partition coefficient (Wildman–Crippen LogP) is 1.29. The third-order valence-corrected chi connectivity index (χ3v) is 2.45. The molecule has 1 aliphatic rings. The Hall–Kier alpha value is -1.16. The second-order valence-electron chi connectivity index (χ2n) is 3.94. The Morgan fingerprint density at radius 2 is 2.50 bits per heavy atom. The molecular weight excluding hydrogens is 180 g/mol. The maximum atomic E-state index is 11.6. The number of aromatic nitrogens is 1. The molecule has 76 valence electrons. The normalized spacial score (nSPS) is 18.1. The molecule has 2 rings (SSSR count). The van der Waals surface area contributed by atoms with E-state index in [-0.39, 0.29) is 11.7 Å². The average molecular weight is 194 g/mol. The first kappa shape index (κ1) is 9.40. The molecule has 2 N–H and O–H groups in total. The molecule has 0 spiro atoms. The number of nitrogens with two attached hydrogens (primary N) is 1. The summed E-state index contributed by atoms with van der Waals surface area (Å²) < 4.78 is 5.01. The van der Waals surface area contributed by atoms with E-state index in [1.54, 1.807) is 6.92 Å². The molecular formula is C10H14N2O2. The third kappa shape index (κ3) is 2.01.